The number of amides is 2. The van der Waals surface area contributed by atoms with Gasteiger partial charge in [0.15, 0.2) is 5.65 Å². The molecule has 2 aromatic rings. The van der Waals surface area contributed by atoms with Crippen LogP contribution in [0.2, 0.25) is 0 Å². The number of fused-ring (bicyclic) bond motifs is 1. The molecule has 122 valence electrons. The van der Waals surface area contributed by atoms with Crippen molar-refractivity contribution < 1.29 is 9.59 Å². The van der Waals surface area contributed by atoms with Crippen molar-refractivity contribution >= 4 is 28.5 Å². The van der Waals surface area contributed by atoms with E-state index in [9.17, 15) is 9.59 Å². The average molecular weight is 315 g/mol. The van der Waals surface area contributed by atoms with E-state index in [0.29, 0.717) is 18.7 Å². The maximum absolute atomic E-state index is 12.4. The molecule has 1 aliphatic rings. The Kier molecular flexibility index (Phi) is 4.02. The number of hydrogen-bond acceptors (Lipinski definition) is 4. The maximum atomic E-state index is 12.4. The highest BCUT2D eigenvalue weighted by Crippen LogP contribution is 2.22. The zero-order valence-electron chi connectivity index (χ0n) is 13.6. The Bertz CT molecular complexity index is 752. The molecule has 1 fully saturated rings. The Labute approximate surface area is 134 Å². The highest BCUT2D eigenvalue weighted by atomic mass is 16.2. The predicted octanol–water partition coefficient (Wildman–Crippen LogP) is 1.96. The molecular formula is C16H21N5O2. The van der Waals surface area contributed by atoms with Crippen molar-refractivity contribution in [3.05, 3.63) is 18.5 Å². The Balaban J connectivity index is 1.79. The quantitative estimate of drug-likeness (QED) is 0.939. The highest BCUT2D eigenvalue weighted by Gasteiger charge is 2.32. The molecule has 1 unspecified atom stereocenters. The predicted molar refractivity (Wildman–Crippen MR) is 87.0 cm³/mol. The molecule has 0 aromatic carbocycles. The summed E-state index contributed by atoms with van der Waals surface area (Å²) in [6.45, 7) is 6.23. The number of carbonyl (C=O) groups excluding carboxylic acids is 2. The topological polar surface area (TPSA) is 80.1 Å². The van der Waals surface area contributed by atoms with Crippen LogP contribution in [0.3, 0.4) is 0 Å². The lowest BCUT2D eigenvalue weighted by atomic mass is 10.2. The van der Waals surface area contributed by atoms with Crippen molar-refractivity contribution in [3.63, 3.8) is 0 Å². The van der Waals surface area contributed by atoms with Crippen LogP contribution >= 0.6 is 0 Å². The fraction of sp³-hybridized carbons (Fsp3) is 0.500. The van der Waals surface area contributed by atoms with Gasteiger partial charge >= 0.3 is 0 Å². The summed E-state index contributed by atoms with van der Waals surface area (Å²) in [7, 11) is 0. The van der Waals surface area contributed by atoms with E-state index >= 15 is 0 Å². The van der Waals surface area contributed by atoms with Crippen LogP contribution in [0.25, 0.3) is 11.0 Å². The molecule has 1 saturated heterocycles. The average Bonchev–Trinajstić information content (AvgIpc) is 3.13. The van der Waals surface area contributed by atoms with Gasteiger partial charge in [-0.3, -0.25) is 9.59 Å². The number of pyridine rings is 1. The molecule has 1 N–H and O–H groups in total. The van der Waals surface area contributed by atoms with E-state index in [1.54, 1.807) is 17.3 Å². The third kappa shape index (κ3) is 2.91. The molecule has 0 bridgehead atoms. The van der Waals surface area contributed by atoms with Gasteiger partial charge in [0.05, 0.1) is 18.1 Å². The summed E-state index contributed by atoms with van der Waals surface area (Å²) in [6.07, 6.45) is 4.94. The first kappa shape index (κ1) is 15.5. The fourth-order valence-corrected chi connectivity index (χ4v) is 3.03. The minimum atomic E-state index is -0.387. The minimum Gasteiger partial charge on any atom is -0.331 e. The molecular weight excluding hydrogens is 294 g/mol. The Morgan fingerprint density at radius 1 is 1.35 bits per heavy atom. The number of likely N-dealkylation sites (tertiary alicyclic amines) is 1. The minimum absolute atomic E-state index is 0.0607. The van der Waals surface area contributed by atoms with Gasteiger partial charge in [-0.05, 0) is 32.8 Å². The van der Waals surface area contributed by atoms with Crippen LogP contribution in [0.4, 0.5) is 5.69 Å². The van der Waals surface area contributed by atoms with Crippen molar-refractivity contribution in [1.29, 1.82) is 0 Å². The first-order valence-electron chi connectivity index (χ1n) is 7.88. The Morgan fingerprint density at radius 2 is 2.13 bits per heavy atom. The first-order valence-corrected chi connectivity index (χ1v) is 7.88. The number of nitrogens with zero attached hydrogens (tertiary/aromatic N) is 4. The third-order valence-electron chi connectivity index (χ3n) is 4.15. The second-order valence-corrected chi connectivity index (χ2v) is 6.18. The number of rotatable bonds is 3. The van der Waals surface area contributed by atoms with Gasteiger partial charge in [-0.1, -0.05) is 0 Å². The van der Waals surface area contributed by atoms with E-state index in [2.05, 4.69) is 15.4 Å². The van der Waals surface area contributed by atoms with Gasteiger partial charge in [0.25, 0.3) is 0 Å². The summed E-state index contributed by atoms with van der Waals surface area (Å²) in [5.41, 5.74) is 1.42. The van der Waals surface area contributed by atoms with Crippen LogP contribution in [0, 0.1) is 0 Å². The van der Waals surface area contributed by atoms with E-state index in [4.69, 9.17) is 0 Å². The molecule has 3 heterocycles. The van der Waals surface area contributed by atoms with Gasteiger partial charge in [-0.25, -0.2) is 9.67 Å². The Morgan fingerprint density at radius 3 is 2.83 bits per heavy atom. The SMILES string of the molecule is CC(=O)N1CCCC1C(=O)Nc1cnc2c(cnn2C(C)C)c1. The number of anilines is 1. The monoisotopic (exact) mass is 315 g/mol. The highest BCUT2D eigenvalue weighted by molar-refractivity contribution is 5.98. The van der Waals surface area contributed by atoms with E-state index in [0.717, 1.165) is 17.5 Å². The zero-order chi connectivity index (χ0) is 16.6. The first-order chi connectivity index (χ1) is 11.0. The van der Waals surface area contributed by atoms with Gasteiger partial charge in [0.1, 0.15) is 6.04 Å². The molecule has 0 saturated carbocycles. The van der Waals surface area contributed by atoms with Crippen LogP contribution in [0.5, 0.6) is 0 Å². The van der Waals surface area contributed by atoms with Gasteiger partial charge in [0.2, 0.25) is 11.8 Å². The lowest BCUT2D eigenvalue weighted by Crippen LogP contribution is -2.42. The van der Waals surface area contributed by atoms with Gasteiger partial charge in [-0.15, -0.1) is 0 Å². The lowest BCUT2D eigenvalue weighted by Gasteiger charge is -2.22. The normalized spacial score (nSPS) is 17.9. The molecule has 7 heteroatoms. The van der Waals surface area contributed by atoms with E-state index < -0.39 is 0 Å². The van der Waals surface area contributed by atoms with Crippen LogP contribution in [-0.4, -0.2) is 44.1 Å². The summed E-state index contributed by atoms with van der Waals surface area (Å²) in [4.78, 5) is 30.0. The van der Waals surface area contributed by atoms with E-state index in [1.807, 2.05) is 24.6 Å². The molecule has 2 aromatic heterocycles. The van der Waals surface area contributed by atoms with Crippen LogP contribution in [0.1, 0.15) is 39.7 Å². The van der Waals surface area contributed by atoms with Crippen LogP contribution < -0.4 is 5.32 Å². The standard InChI is InChI=1S/C16H21N5O2/c1-10(2)21-15-12(8-18-21)7-13(9-17-15)19-16(23)14-5-4-6-20(14)11(3)22/h7-10,14H,4-6H2,1-3H3,(H,19,23). The smallest absolute Gasteiger partial charge is 0.247 e. The summed E-state index contributed by atoms with van der Waals surface area (Å²) in [5, 5.41) is 8.06. The molecule has 0 aliphatic carbocycles. The van der Waals surface area contributed by atoms with E-state index in [1.165, 1.54) is 6.92 Å². The summed E-state index contributed by atoms with van der Waals surface area (Å²) < 4.78 is 1.84. The fourth-order valence-electron chi connectivity index (χ4n) is 3.03. The molecule has 3 rings (SSSR count). The summed E-state index contributed by atoms with van der Waals surface area (Å²) in [6, 6.07) is 1.70. The second-order valence-electron chi connectivity index (χ2n) is 6.18. The summed E-state index contributed by atoms with van der Waals surface area (Å²) in [5.74, 6) is -0.218. The van der Waals surface area contributed by atoms with Crippen molar-refractivity contribution in [2.75, 3.05) is 11.9 Å². The number of nitrogens with one attached hydrogen (secondary N) is 1. The molecule has 1 atom stereocenters. The zero-order valence-corrected chi connectivity index (χ0v) is 13.6. The number of aromatic nitrogens is 3. The lowest BCUT2D eigenvalue weighted by molar-refractivity contribution is -0.134. The molecule has 0 spiro atoms. The molecule has 23 heavy (non-hydrogen) atoms. The molecule has 7 nitrogen and oxygen atoms in total. The third-order valence-corrected chi connectivity index (χ3v) is 4.15. The number of carbonyl (C=O) groups is 2. The number of hydrogen-bond donors (Lipinski definition) is 1. The van der Waals surface area contributed by atoms with Crippen LogP contribution in [0.15, 0.2) is 18.5 Å². The van der Waals surface area contributed by atoms with Crippen LogP contribution in [-0.2, 0) is 9.59 Å². The van der Waals surface area contributed by atoms with Crippen molar-refractivity contribution in [3.8, 4) is 0 Å². The van der Waals surface area contributed by atoms with Crippen molar-refractivity contribution in [2.45, 2.75) is 45.7 Å². The van der Waals surface area contributed by atoms with Crippen molar-refractivity contribution in [2.24, 2.45) is 0 Å². The largest absolute Gasteiger partial charge is 0.331 e. The molecule has 1 aliphatic heterocycles. The van der Waals surface area contributed by atoms with Crippen molar-refractivity contribution in [1.82, 2.24) is 19.7 Å². The Hall–Kier alpha value is -2.44. The van der Waals surface area contributed by atoms with Gasteiger partial charge < -0.3 is 10.2 Å². The van der Waals surface area contributed by atoms with Gasteiger partial charge in [0, 0.05) is 24.9 Å². The van der Waals surface area contributed by atoms with Gasteiger partial charge in [-0.2, -0.15) is 5.10 Å². The van der Waals surface area contributed by atoms with E-state index in [-0.39, 0.29) is 23.9 Å². The second kappa shape index (κ2) is 5.98. The summed E-state index contributed by atoms with van der Waals surface area (Å²) >= 11 is 0. The molecule has 2 amide bonds. The maximum Gasteiger partial charge on any atom is 0.247 e. The molecule has 0 radical (unpaired) electrons.